The SMILES string of the molecule is CN1C(NC(=O)c2cnc3ccc(-c4cccc(Cl)c4)nn23)=CC=CC1CN1CCOCC1. The Labute approximate surface area is 197 Å². The largest absolute Gasteiger partial charge is 0.379 e. The van der Waals surface area contributed by atoms with Crippen molar-refractivity contribution in [2.75, 3.05) is 39.9 Å². The number of nitrogens with zero attached hydrogens (tertiary/aromatic N) is 5. The molecule has 1 saturated heterocycles. The van der Waals surface area contributed by atoms with E-state index in [0.29, 0.717) is 22.1 Å². The number of ether oxygens (including phenoxy) is 1. The van der Waals surface area contributed by atoms with E-state index in [0.717, 1.165) is 44.2 Å². The van der Waals surface area contributed by atoms with Crippen LogP contribution in [-0.4, -0.2) is 76.2 Å². The number of benzene rings is 1. The summed E-state index contributed by atoms with van der Waals surface area (Å²) in [5, 5.41) is 8.30. The molecule has 4 heterocycles. The summed E-state index contributed by atoms with van der Waals surface area (Å²) in [6, 6.07) is 11.3. The van der Waals surface area contributed by atoms with E-state index >= 15 is 0 Å². The first-order chi connectivity index (χ1) is 16.1. The monoisotopic (exact) mass is 464 g/mol. The third kappa shape index (κ3) is 4.64. The Morgan fingerprint density at radius 3 is 2.91 bits per heavy atom. The highest BCUT2D eigenvalue weighted by molar-refractivity contribution is 6.30. The molecule has 170 valence electrons. The molecule has 3 aromatic rings. The first kappa shape index (κ1) is 21.6. The van der Waals surface area contributed by atoms with E-state index in [2.05, 4.69) is 31.3 Å². The van der Waals surface area contributed by atoms with Crippen molar-refractivity contribution in [3.05, 3.63) is 77.4 Å². The molecule has 1 atom stereocenters. The first-order valence-corrected chi connectivity index (χ1v) is 11.3. The summed E-state index contributed by atoms with van der Waals surface area (Å²) < 4.78 is 7.01. The van der Waals surface area contributed by atoms with Crippen molar-refractivity contribution in [2.24, 2.45) is 0 Å². The van der Waals surface area contributed by atoms with E-state index in [1.807, 2.05) is 55.6 Å². The van der Waals surface area contributed by atoms with Crippen LogP contribution in [0, 0.1) is 0 Å². The lowest BCUT2D eigenvalue weighted by atomic mass is 10.1. The van der Waals surface area contributed by atoms with Gasteiger partial charge in [0.1, 0.15) is 5.82 Å². The third-order valence-electron chi connectivity index (χ3n) is 5.97. The fourth-order valence-electron chi connectivity index (χ4n) is 4.07. The molecule has 2 aliphatic rings. The molecule has 2 aromatic heterocycles. The minimum Gasteiger partial charge on any atom is -0.379 e. The van der Waals surface area contributed by atoms with Gasteiger partial charge < -0.3 is 15.0 Å². The second kappa shape index (κ2) is 9.35. The van der Waals surface area contributed by atoms with Crippen LogP contribution >= 0.6 is 11.6 Å². The van der Waals surface area contributed by atoms with Gasteiger partial charge in [-0.1, -0.05) is 35.9 Å². The zero-order valence-electron chi connectivity index (χ0n) is 18.3. The molecule has 1 aromatic carbocycles. The standard InChI is InChI=1S/C24H25ClN6O2/c1-29-19(16-30-10-12-33-13-11-30)6-3-7-23(29)27-24(32)21-15-26-22-9-8-20(28-31(21)22)17-4-2-5-18(25)14-17/h2-9,14-15,19H,10-13,16H2,1H3,(H,27,32). The van der Waals surface area contributed by atoms with E-state index < -0.39 is 0 Å². The summed E-state index contributed by atoms with van der Waals surface area (Å²) in [6.45, 7) is 4.25. The summed E-state index contributed by atoms with van der Waals surface area (Å²) in [5.74, 6) is 0.471. The number of hydrogen-bond acceptors (Lipinski definition) is 6. The van der Waals surface area contributed by atoms with Crippen LogP contribution in [-0.2, 0) is 4.74 Å². The number of allylic oxidation sites excluding steroid dienone is 2. The van der Waals surface area contributed by atoms with Crippen LogP contribution in [0.3, 0.4) is 0 Å². The van der Waals surface area contributed by atoms with E-state index in [-0.39, 0.29) is 11.9 Å². The number of halogens is 1. The lowest BCUT2D eigenvalue weighted by Gasteiger charge is -2.36. The summed E-state index contributed by atoms with van der Waals surface area (Å²) in [5.41, 5.74) is 2.54. The Hall–Kier alpha value is -3.20. The number of rotatable bonds is 5. The number of carbonyl (C=O) groups excluding carboxylic acids is 1. The van der Waals surface area contributed by atoms with Crippen LogP contribution in [0.4, 0.5) is 0 Å². The molecule has 1 amide bonds. The summed E-state index contributed by atoms with van der Waals surface area (Å²) >= 11 is 6.13. The molecule has 9 heteroatoms. The lowest BCUT2D eigenvalue weighted by molar-refractivity contribution is 0.0306. The molecule has 0 radical (unpaired) electrons. The third-order valence-corrected chi connectivity index (χ3v) is 6.21. The first-order valence-electron chi connectivity index (χ1n) is 10.9. The Morgan fingerprint density at radius 1 is 1.24 bits per heavy atom. The number of fused-ring (bicyclic) bond motifs is 1. The van der Waals surface area contributed by atoms with Crippen molar-refractivity contribution >= 4 is 23.2 Å². The molecule has 1 fully saturated rings. The Kier molecular flexibility index (Phi) is 6.13. The molecule has 0 bridgehead atoms. The van der Waals surface area contributed by atoms with Gasteiger partial charge in [0.2, 0.25) is 0 Å². The quantitative estimate of drug-likeness (QED) is 0.626. The zero-order chi connectivity index (χ0) is 22.8. The van der Waals surface area contributed by atoms with Gasteiger partial charge in [0.15, 0.2) is 11.3 Å². The van der Waals surface area contributed by atoms with Crippen LogP contribution in [0.5, 0.6) is 0 Å². The van der Waals surface area contributed by atoms with Crippen LogP contribution in [0.2, 0.25) is 5.02 Å². The maximum atomic E-state index is 13.2. The van der Waals surface area contributed by atoms with E-state index in [1.54, 1.807) is 10.7 Å². The number of nitrogens with one attached hydrogen (secondary N) is 1. The highest BCUT2D eigenvalue weighted by Gasteiger charge is 2.24. The van der Waals surface area contributed by atoms with Crippen molar-refractivity contribution in [3.63, 3.8) is 0 Å². The average molecular weight is 465 g/mol. The molecule has 0 spiro atoms. The molecule has 1 unspecified atom stereocenters. The van der Waals surface area contributed by atoms with Gasteiger partial charge in [0.25, 0.3) is 5.91 Å². The minimum atomic E-state index is -0.267. The van der Waals surface area contributed by atoms with Crippen molar-refractivity contribution in [1.82, 2.24) is 29.7 Å². The fraction of sp³-hybridized carbons (Fsp3) is 0.292. The Balaban J connectivity index is 1.34. The van der Waals surface area contributed by atoms with Gasteiger partial charge in [-0.15, -0.1) is 0 Å². The predicted molar refractivity (Wildman–Crippen MR) is 127 cm³/mol. The minimum absolute atomic E-state index is 0.165. The maximum Gasteiger partial charge on any atom is 0.277 e. The maximum absolute atomic E-state index is 13.2. The number of likely N-dealkylation sites (N-methyl/N-ethyl adjacent to an activating group) is 1. The highest BCUT2D eigenvalue weighted by atomic mass is 35.5. The second-order valence-electron chi connectivity index (χ2n) is 8.12. The van der Waals surface area contributed by atoms with Gasteiger partial charge in [-0.2, -0.15) is 5.10 Å². The number of amides is 1. The van der Waals surface area contributed by atoms with Crippen molar-refractivity contribution in [1.29, 1.82) is 0 Å². The summed E-state index contributed by atoms with van der Waals surface area (Å²) in [4.78, 5) is 22.0. The van der Waals surface area contributed by atoms with Gasteiger partial charge in [-0.05, 0) is 30.3 Å². The summed E-state index contributed by atoms with van der Waals surface area (Å²) in [7, 11) is 1.99. The summed E-state index contributed by atoms with van der Waals surface area (Å²) in [6.07, 6.45) is 7.59. The van der Waals surface area contributed by atoms with Crippen LogP contribution in [0.25, 0.3) is 16.9 Å². The molecular formula is C24H25ClN6O2. The number of morpholine rings is 1. The second-order valence-corrected chi connectivity index (χ2v) is 8.56. The van der Waals surface area contributed by atoms with Crippen molar-refractivity contribution in [2.45, 2.75) is 6.04 Å². The van der Waals surface area contributed by atoms with Crippen LogP contribution in [0.1, 0.15) is 10.5 Å². The van der Waals surface area contributed by atoms with Gasteiger partial charge in [-0.25, -0.2) is 9.50 Å². The molecule has 0 aliphatic carbocycles. The Bertz CT molecular complexity index is 1230. The lowest BCUT2D eigenvalue weighted by Crippen LogP contribution is -2.48. The molecular weight excluding hydrogens is 440 g/mol. The van der Waals surface area contributed by atoms with E-state index in [1.165, 1.54) is 0 Å². The number of carbonyl (C=O) groups is 1. The molecule has 33 heavy (non-hydrogen) atoms. The van der Waals surface area contributed by atoms with Gasteiger partial charge in [-0.3, -0.25) is 9.69 Å². The molecule has 1 N–H and O–H groups in total. The molecule has 2 aliphatic heterocycles. The average Bonchev–Trinajstić information content (AvgIpc) is 3.26. The number of hydrogen-bond donors (Lipinski definition) is 1. The van der Waals surface area contributed by atoms with Gasteiger partial charge in [0.05, 0.1) is 31.1 Å². The molecule has 5 rings (SSSR count). The van der Waals surface area contributed by atoms with E-state index in [9.17, 15) is 4.79 Å². The van der Waals surface area contributed by atoms with Crippen LogP contribution in [0.15, 0.2) is 66.6 Å². The highest BCUT2D eigenvalue weighted by Crippen LogP contribution is 2.22. The Morgan fingerprint density at radius 2 is 2.09 bits per heavy atom. The molecule has 0 saturated carbocycles. The van der Waals surface area contributed by atoms with Gasteiger partial charge >= 0.3 is 0 Å². The van der Waals surface area contributed by atoms with Crippen LogP contribution < -0.4 is 5.32 Å². The van der Waals surface area contributed by atoms with Gasteiger partial charge in [0, 0.05) is 37.3 Å². The normalized spacial score (nSPS) is 19.0. The number of imidazole rings is 1. The molecule has 8 nitrogen and oxygen atoms in total. The predicted octanol–water partition coefficient (Wildman–Crippen LogP) is 2.82. The fourth-order valence-corrected chi connectivity index (χ4v) is 4.26. The topological polar surface area (TPSA) is 75.0 Å². The number of aromatic nitrogens is 3. The van der Waals surface area contributed by atoms with Crippen molar-refractivity contribution in [3.8, 4) is 11.3 Å². The smallest absolute Gasteiger partial charge is 0.277 e. The zero-order valence-corrected chi connectivity index (χ0v) is 19.1. The van der Waals surface area contributed by atoms with Crippen molar-refractivity contribution < 1.29 is 9.53 Å². The van der Waals surface area contributed by atoms with E-state index in [4.69, 9.17) is 16.3 Å².